The van der Waals surface area contributed by atoms with Gasteiger partial charge in [-0.3, -0.25) is 81.5 Å². The van der Waals surface area contributed by atoms with Crippen LogP contribution in [-0.2, 0) is 101 Å². The fourth-order valence-corrected chi connectivity index (χ4v) is 15.0. The number of ketones is 4. The SMILES string of the molecule is CCCC[C@H](CNC(C)C(=O)C(=O)C(C)NC(=O)[C@]1(C)CCC/C=C/CCCCCC[C@@](C)(NC(=O)[C@H](Cc2ccccc2)NC(=O)[C@@H](NC(=O)[C@H](CC(C)C)NC(C)=O)[C@@H](C)O)C(=O)NC(C)C(=O)N[C@@H](Cc2ccc(O)cc2)C(=O)N[C@@](C)(Cc2c[nH]c3ccccc23)C(=O)NC(C)C(=O)C(=O)[C@H](CCC(N)=O)NC[C@@H](CC(C)C)C(=O)N1)C(=O)NC(C)C(N)=O. The topological polar surface area (TPSA) is 555 Å². The van der Waals surface area contributed by atoms with Crippen LogP contribution < -0.4 is 80.6 Å². The third-order valence-corrected chi connectivity index (χ3v) is 22.9. The molecule has 0 bridgehead atoms. The molecule has 1 aromatic heterocycles. The molecule has 1 aliphatic heterocycles. The highest BCUT2D eigenvalue weighted by atomic mass is 16.3. The van der Waals surface area contributed by atoms with Crippen LogP contribution in [0, 0.1) is 23.7 Å². The first-order valence-corrected chi connectivity index (χ1v) is 44.5. The van der Waals surface area contributed by atoms with E-state index in [4.69, 9.17) is 11.5 Å². The molecule has 0 saturated carbocycles. The number of aliphatic hydroxyl groups is 1. The van der Waals surface area contributed by atoms with Gasteiger partial charge in [0, 0.05) is 62.8 Å². The van der Waals surface area contributed by atoms with Crippen LogP contribution in [0.2, 0.25) is 0 Å². The summed E-state index contributed by atoms with van der Waals surface area (Å²) in [6.07, 6.45) is 7.29. The molecule has 20 N–H and O–H groups in total. The Bertz CT molecular complexity index is 4530. The van der Waals surface area contributed by atoms with Gasteiger partial charge < -0.3 is 95.8 Å². The smallest absolute Gasteiger partial charge is 0.246 e. The fourth-order valence-electron chi connectivity index (χ4n) is 15.0. The molecule has 5 rings (SSSR count). The predicted octanol–water partition coefficient (Wildman–Crippen LogP) is 3.44. The predicted molar refractivity (Wildman–Crippen MR) is 482 cm³/mol. The van der Waals surface area contributed by atoms with Crippen molar-refractivity contribution < 1.29 is 91.7 Å². The number of carbonyl (C=O) groups excluding carboxylic acids is 17. The molecule has 0 radical (unpaired) electrons. The Morgan fingerprint density at radius 3 is 1.85 bits per heavy atom. The molecule has 0 saturated heterocycles. The van der Waals surface area contributed by atoms with Crippen LogP contribution in [0.5, 0.6) is 5.75 Å². The number of aromatic nitrogens is 1. The second-order valence-electron chi connectivity index (χ2n) is 35.5. The van der Waals surface area contributed by atoms with E-state index in [1.807, 2.05) is 46.8 Å². The highest BCUT2D eigenvalue weighted by Gasteiger charge is 2.45. The van der Waals surface area contributed by atoms with E-state index in [1.165, 1.54) is 93.5 Å². The van der Waals surface area contributed by atoms with Crippen LogP contribution in [0.1, 0.15) is 223 Å². The molecule has 0 spiro atoms. The van der Waals surface area contributed by atoms with Crippen LogP contribution in [0.25, 0.3) is 10.9 Å². The average molecular weight is 1780 g/mol. The van der Waals surface area contributed by atoms with Crippen LogP contribution in [0.4, 0.5) is 0 Å². The van der Waals surface area contributed by atoms with Crippen molar-refractivity contribution in [1.29, 1.82) is 0 Å². The number of H-pyrrole nitrogens is 1. The maximum atomic E-state index is 15.4. The van der Waals surface area contributed by atoms with Gasteiger partial charge in [0.05, 0.1) is 42.1 Å². The number of amides is 13. The summed E-state index contributed by atoms with van der Waals surface area (Å²) in [5.41, 5.74) is 7.31. The summed E-state index contributed by atoms with van der Waals surface area (Å²) in [4.78, 5) is 245. The number of allylic oxidation sites excluding steroid dienone is 2. The first-order valence-electron chi connectivity index (χ1n) is 44.5. The number of phenols is 1. The summed E-state index contributed by atoms with van der Waals surface area (Å²) < 4.78 is 0. The zero-order chi connectivity index (χ0) is 95.5. The molecule has 3 aromatic carbocycles. The number of hydrogen-bond acceptors (Lipinski definition) is 21. The Morgan fingerprint density at radius 1 is 0.594 bits per heavy atom. The standard InChI is InChI=1S/C93H138N16O19/c1-16-17-34-64(82(120)99-58(9)80(95)118)50-96-55(6)76(114)77(115)56(7)100-88(126)91(13)43-30-23-21-19-18-20-22-24-31-44-92(14,108-85(123)73(47-62-32-26-25-27-33-62)105-87(125)75(60(11)110)106-84(122)71(46-54(4)5)103-61(12)111)89(127)102-59(10)81(119)104-72(48-63-37-39-67(112)40-38-63)86(124)109-93(15,49-66-52-97-69-36-29-28-35-68(66)69)90(128)101-57(8)78(116)79(117)70(41-42-74(94)113)98-51-65(45-53(2)3)83(121)107-91/h19,21,25-29,32-33,35-40,52-60,64-65,70-73,75,96-98,110,112H,16-18,20,22-24,30-31,34,41-51H2,1-15H3,(H2,94,113)(H2,95,118)(H,99,120)(H,100,126)(H,101,128)(H,102,127)(H,103,111)(H,104,119)(H,105,125)(H,106,122)(H,107,121)(H,108,123)(H,109,124)/b21-19+/t55?,56?,57?,58?,59?,60-,64-,65-,70+,71+,72+,73+,75+,91+,92-,93+/m1/s1. The molecular formula is C93H138N16O19. The maximum absolute atomic E-state index is 15.4. The number of benzene rings is 3. The van der Waals surface area contributed by atoms with Crippen LogP contribution in [0.3, 0.4) is 0 Å². The van der Waals surface area contributed by atoms with Gasteiger partial charge in [-0.1, -0.05) is 140 Å². The number of hydrogen-bond donors (Lipinski definition) is 18. The highest BCUT2D eigenvalue weighted by molar-refractivity contribution is 6.41. The number of aromatic hydroxyl groups is 1. The number of Topliss-reactive ketones (excluding diaryl/α,β-unsaturated/α-hetero) is 4. The highest BCUT2D eigenvalue weighted by Crippen LogP contribution is 2.27. The van der Waals surface area contributed by atoms with Crippen molar-refractivity contribution in [3.63, 3.8) is 0 Å². The number of unbranched alkanes of at least 4 members (excludes halogenated alkanes) is 1. The Hall–Kier alpha value is -11.6. The van der Waals surface area contributed by atoms with E-state index in [-0.39, 0.29) is 94.9 Å². The number of aliphatic hydroxyl groups excluding tert-OH is 1. The molecule has 13 amide bonds. The van der Waals surface area contributed by atoms with E-state index >= 15 is 24.0 Å². The molecule has 2 heterocycles. The number of carbonyl (C=O) groups is 17. The van der Waals surface area contributed by atoms with Crippen molar-refractivity contribution in [2.75, 3.05) is 13.1 Å². The van der Waals surface area contributed by atoms with E-state index in [0.717, 1.165) is 6.42 Å². The van der Waals surface area contributed by atoms with Gasteiger partial charge in [-0.2, -0.15) is 0 Å². The summed E-state index contributed by atoms with van der Waals surface area (Å²) in [7, 11) is 0. The molecule has 0 aliphatic carbocycles. The number of fused-ring (bicyclic) bond motifs is 1. The van der Waals surface area contributed by atoms with E-state index < -0.39 is 201 Å². The minimum absolute atomic E-state index is 0.0474. The third kappa shape index (κ3) is 34.2. The molecule has 4 aromatic rings. The lowest BCUT2D eigenvalue weighted by molar-refractivity contribution is -0.141. The second-order valence-corrected chi connectivity index (χ2v) is 35.5. The van der Waals surface area contributed by atoms with Gasteiger partial charge in [0.1, 0.15) is 58.6 Å². The van der Waals surface area contributed by atoms with Crippen molar-refractivity contribution >= 4 is 111 Å². The summed E-state index contributed by atoms with van der Waals surface area (Å²) in [5.74, 6) is -17.1. The second kappa shape index (κ2) is 51.4. The molecule has 16 atom stereocenters. The normalized spacial score (nSPS) is 23.0. The van der Waals surface area contributed by atoms with Crippen LogP contribution in [-0.4, -0.2) is 211 Å². The summed E-state index contributed by atoms with van der Waals surface area (Å²) >= 11 is 0. The number of phenolic OH excluding ortho intramolecular Hbond substituents is 1. The van der Waals surface area contributed by atoms with E-state index in [2.05, 4.69) is 74.1 Å². The number of nitrogens with one attached hydrogen (secondary N) is 14. The number of nitrogens with two attached hydrogens (primary N) is 2. The number of primary amides is 2. The zero-order valence-corrected chi connectivity index (χ0v) is 76.7. The molecule has 35 nitrogen and oxygen atoms in total. The maximum Gasteiger partial charge on any atom is 0.246 e. The minimum atomic E-state index is -2.08. The fraction of sp³-hybridized carbons (Fsp3) is 0.581. The quantitative estimate of drug-likeness (QED) is 0.0232. The summed E-state index contributed by atoms with van der Waals surface area (Å²) in [6, 6.07) is 7.09. The van der Waals surface area contributed by atoms with E-state index in [1.54, 1.807) is 60.8 Å². The largest absolute Gasteiger partial charge is 0.508 e. The lowest BCUT2D eigenvalue weighted by atomic mass is 9.89. The van der Waals surface area contributed by atoms with Crippen molar-refractivity contribution in [2.45, 2.75) is 309 Å². The Balaban J connectivity index is 1.60. The molecule has 704 valence electrons. The number of para-hydroxylation sites is 1. The Labute approximate surface area is 750 Å². The molecule has 1 aliphatic rings. The van der Waals surface area contributed by atoms with Crippen molar-refractivity contribution in [2.24, 2.45) is 35.1 Å². The molecule has 128 heavy (non-hydrogen) atoms. The van der Waals surface area contributed by atoms with Gasteiger partial charge in [-0.05, 0) is 173 Å². The minimum Gasteiger partial charge on any atom is -0.508 e. The first-order chi connectivity index (χ1) is 60.2. The van der Waals surface area contributed by atoms with Crippen molar-refractivity contribution in [3.8, 4) is 5.75 Å². The molecule has 35 heteroatoms. The van der Waals surface area contributed by atoms with Gasteiger partial charge in [0.25, 0.3) is 0 Å². The monoisotopic (exact) mass is 1780 g/mol. The number of rotatable bonds is 35. The molecule has 0 fully saturated rings. The lowest BCUT2D eigenvalue weighted by Crippen LogP contribution is -2.65. The van der Waals surface area contributed by atoms with E-state index in [0.29, 0.717) is 72.5 Å². The van der Waals surface area contributed by atoms with Crippen LogP contribution in [0.15, 0.2) is 97.2 Å². The lowest BCUT2D eigenvalue weighted by Gasteiger charge is -2.34. The summed E-state index contributed by atoms with van der Waals surface area (Å²) in [6.45, 7) is 22.3. The molecular weight excluding hydrogens is 1650 g/mol. The van der Waals surface area contributed by atoms with Gasteiger partial charge in [0.15, 0.2) is 0 Å². The van der Waals surface area contributed by atoms with Gasteiger partial charge in [0.2, 0.25) is 99.9 Å². The van der Waals surface area contributed by atoms with Gasteiger partial charge >= 0.3 is 0 Å². The first kappa shape index (κ1) is 107. The average Bonchev–Trinajstić information content (AvgIpc) is 1.57. The Kier molecular flexibility index (Phi) is 43.0. The summed E-state index contributed by atoms with van der Waals surface area (Å²) in [5, 5.41) is 57.8. The van der Waals surface area contributed by atoms with Crippen molar-refractivity contribution in [1.82, 2.24) is 74.1 Å². The van der Waals surface area contributed by atoms with E-state index in [9.17, 15) is 67.7 Å². The third-order valence-electron chi connectivity index (χ3n) is 22.9. The zero-order valence-electron chi connectivity index (χ0n) is 76.7. The van der Waals surface area contributed by atoms with Gasteiger partial charge in [-0.25, -0.2) is 0 Å². The Morgan fingerprint density at radius 2 is 1.23 bits per heavy atom. The van der Waals surface area contributed by atoms with Crippen molar-refractivity contribution in [3.05, 3.63) is 114 Å². The van der Waals surface area contributed by atoms with Gasteiger partial charge in [-0.15, -0.1) is 0 Å². The van der Waals surface area contributed by atoms with Crippen LogP contribution >= 0.6 is 0 Å². The molecule has 5 unspecified atom stereocenters. The number of aromatic amines is 1.